The molecule has 0 radical (unpaired) electrons. The normalized spacial score (nSPS) is 21.6. The zero-order valence-corrected chi connectivity index (χ0v) is 23.9. The van der Waals surface area contributed by atoms with Crippen LogP contribution in [0.2, 0.25) is 10.0 Å². The molecule has 1 aromatic heterocycles. The number of nitrogens with one attached hydrogen (secondary N) is 2. The smallest absolute Gasteiger partial charge is 0.318 e. The largest absolute Gasteiger partial charge is 0.321 e. The Morgan fingerprint density at radius 1 is 1.10 bits per heavy atom. The van der Waals surface area contributed by atoms with E-state index in [2.05, 4.69) is 46.7 Å². The first-order chi connectivity index (χ1) is 18.5. The Kier molecular flexibility index (Phi) is 7.57. The molecule has 1 aliphatic heterocycles. The molecule has 2 fully saturated rings. The number of hydrogen-bond donors (Lipinski definition) is 2. The summed E-state index contributed by atoms with van der Waals surface area (Å²) in [6.07, 6.45) is 4.07. The van der Waals surface area contributed by atoms with E-state index in [0.29, 0.717) is 41.2 Å². The van der Waals surface area contributed by atoms with Crippen LogP contribution in [-0.4, -0.2) is 54.4 Å². The molecule has 2 aliphatic rings. The van der Waals surface area contributed by atoms with Crippen molar-refractivity contribution in [3.8, 4) is 0 Å². The van der Waals surface area contributed by atoms with Gasteiger partial charge >= 0.3 is 6.03 Å². The van der Waals surface area contributed by atoms with Crippen LogP contribution in [-0.2, 0) is 13.1 Å². The molecule has 5 rings (SSSR count). The molecule has 39 heavy (non-hydrogen) atoms. The zero-order chi connectivity index (χ0) is 27.8. The maximum absolute atomic E-state index is 13.9. The highest BCUT2D eigenvalue weighted by atomic mass is 35.5. The molecule has 0 bridgehead atoms. The predicted octanol–water partition coefficient (Wildman–Crippen LogP) is 6.17. The lowest BCUT2D eigenvalue weighted by Crippen LogP contribution is -2.50. The summed E-state index contributed by atoms with van der Waals surface area (Å²) >= 11 is 12.6. The number of benzene rings is 2. The van der Waals surface area contributed by atoms with Gasteiger partial charge in [0.15, 0.2) is 0 Å². The molecule has 9 nitrogen and oxygen atoms in total. The quantitative estimate of drug-likeness (QED) is 0.369. The summed E-state index contributed by atoms with van der Waals surface area (Å²) in [7, 11) is 0. The number of nitrogens with zero attached hydrogens (tertiary/aromatic N) is 5. The van der Waals surface area contributed by atoms with E-state index in [1.54, 1.807) is 18.2 Å². The van der Waals surface area contributed by atoms with Crippen molar-refractivity contribution >= 4 is 41.1 Å². The SMILES string of the molecule is CC(C)(C)C1CCC2(CC1)CN(Cc1ccc(Cl)cc1Cl)C(=O)N2Cc1ccc(C(=O)Nc2nn[nH]n2)cc1. The van der Waals surface area contributed by atoms with Gasteiger partial charge in [0.25, 0.3) is 11.9 Å². The summed E-state index contributed by atoms with van der Waals surface area (Å²) in [6, 6.07) is 12.7. The van der Waals surface area contributed by atoms with Crippen molar-refractivity contribution in [3.05, 3.63) is 69.2 Å². The number of amides is 3. The lowest BCUT2D eigenvalue weighted by Gasteiger charge is -2.45. The third-order valence-corrected chi connectivity index (χ3v) is 8.79. The summed E-state index contributed by atoms with van der Waals surface area (Å²) in [5.74, 6) is 0.403. The summed E-state index contributed by atoms with van der Waals surface area (Å²) in [5, 5.41) is 17.0. The highest BCUT2D eigenvalue weighted by molar-refractivity contribution is 6.35. The first-order valence-corrected chi connectivity index (χ1v) is 13.9. The van der Waals surface area contributed by atoms with Crippen LogP contribution < -0.4 is 5.32 Å². The van der Waals surface area contributed by atoms with Gasteiger partial charge in [-0.3, -0.25) is 10.1 Å². The Bertz CT molecular complexity index is 1330. The molecular formula is C28H33Cl2N7O2. The standard InChI is InChI=1S/C28H33Cl2N7O2/c1-27(2,3)21-10-12-28(13-11-21)17-36(16-20-8-9-22(29)14-23(20)30)26(39)37(28)15-18-4-6-19(7-5-18)24(38)31-25-32-34-35-33-25/h4-9,14,21H,10-13,15-17H2,1-3H3,(H2,31,32,33,34,35,38). The fraction of sp³-hybridized carbons (Fsp3) is 0.464. The second-order valence-electron chi connectivity index (χ2n) is 11.7. The molecule has 0 atom stereocenters. The predicted molar refractivity (Wildman–Crippen MR) is 151 cm³/mol. The number of carbonyl (C=O) groups is 2. The summed E-state index contributed by atoms with van der Waals surface area (Å²) in [4.78, 5) is 30.4. The van der Waals surface area contributed by atoms with Crippen molar-refractivity contribution in [2.45, 2.75) is 65.1 Å². The van der Waals surface area contributed by atoms with Crippen LogP contribution in [0.5, 0.6) is 0 Å². The van der Waals surface area contributed by atoms with Gasteiger partial charge in [0.2, 0.25) is 0 Å². The third-order valence-electron chi connectivity index (χ3n) is 8.20. The summed E-state index contributed by atoms with van der Waals surface area (Å²) in [5.41, 5.74) is 2.31. The average molecular weight is 571 g/mol. The molecule has 2 aromatic carbocycles. The minimum Gasteiger partial charge on any atom is -0.318 e. The van der Waals surface area contributed by atoms with Gasteiger partial charge in [-0.15, -0.1) is 5.10 Å². The van der Waals surface area contributed by atoms with Gasteiger partial charge in [-0.2, -0.15) is 5.21 Å². The fourth-order valence-electron chi connectivity index (χ4n) is 5.88. The van der Waals surface area contributed by atoms with Crippen LogP contribution in [0, 0.1) is 11.3 Å². The van der Waals surface area contributed by atoms with Gasteiger partial charge < -0.3 is 9.80 Å². The van der Waals surface area contributed by atoms with Crippen molar-refractivity contribution in [3.63, 3.8) is 0 Å². The first-order valence-electron chi connectivity index (χ1n) is 13.2. The van der Waals surface area contributed by atoms with Crippen LogP contribution in [0.25, 0.3) is 0 Å². The van der Waals surface area contributed by atoms with Crippen molar-refractivity contribution < 1.29 is 9.59 Å². The van der Waals surface area contributed by atoms with Crippen LogP contribution in [0.4, 0.5) is 10.7 Å². The van der Waals surface area contributed by atoms with E-state index in [0.717, 1.165) is 36.8 Å². The number of aromatic nitrogens is 4. The average Bonchev–Trinajstić information content (AvgIpc) is 3.48. The second-order valence-corrected chi connectivity index (χ2v) is 12.6. The lowest BCUT2D eigenvalue weighted by atomic mass is 9.67. The van der Waals surface area contributed by atoms with E-state index in [1.165, 1.54) is 0 Å². The molecular weight excluding hydrogens is 537 g/mol. The van der Waals surface area contributed by atoms with Crippen molar-refractivity contribution in [2.75, 3.05) is 11.9 Å². The van der Waals surface area contributed by atoms with E-state index in [1.807, 2.05) is 34.1 Å². The molecule has 3 aromatic rings. The number of H-pyrrole nitrogens is 1. The Labute approximate surface area is 238 Å². The minimum atomic E-state index is -0.330. The van der Waals surface area contributed by atoms with E-state index in [9.17, 15) is 9.59 Å². The van der Waals surface area contributed by atoms with Gasteiger partial charge in [0.05, 0.1) is 5.54 Å². The number of hydrogen-bond acceptors (Lipinski definition) is 5. The molecule has 1 saturated heterocycles. The van der Waals surface area contributed by atoms with Crippen molar-refractivity contribution in [1.29, 1.82) is 0 Å². The van der Waals surface area contributed by atoms with Gasteiger partial charge in [-0.1, -0.05) is 67.3 Å². The van der Waals surface area contributed by atoms with Crippen LogP contribution in [0.15, 0.2) is 42.5 Å². The topological polar surface area (TPSA) is 107 Å². The Morgan fingerprint density at radius 3 is 2.44 bits per heavy atom. The van der Waals surface area contributed by atoms with Crippen molar-refractivity contribution in [1.82, 2.24) is 30.4 Å². The molecule has 206 valence electrons. The Balaban J connectivity index is 1.35. The number of urea groups is 1. The van der Waals surface area contributed by atoms with Gasteiger partial charge in [-0.25, -0.2) is 4.79 Å². The molecule has 1 saturated carbocycles. The number of anilines is 1. The molecule has 2 heterocycles. The van der Waals surface area contributed by atoms with Gasteiger partial charge in [0.1, 0.15) is 0 Å². The van der Waals surface area contributed by atoms with Gasteiger partial charge in [-0.05, 0) is 77.6 Å². The molecule has 11 heteroatoms. The third kappa shape index (κ3) is 5.89. The number of aromatic amines is 1. The molecule has 0 unspecified atom stereocenters. The number of tetrazole rings is 1. The number of halogens is 2. The number of carbonyl (C=O) groups excluding carboxylic acids is 2. The van der Waals surface area contributed by atoms with Crippen molar-refractivity contribution in [2.24, 2.45) is 11.3 Å². The monoisotopic (exact) mass is 569 g/mol. The number of rotatable bonds is 6. The molecule has 2 N–H and O–H groups in total. The highest BCUT2D eigenvalue weighted by Crippen LogP contribution is 2.47. The van der Waals surface area contributed by atoms with Crippen LogP contribution in [0.1, 0.15) is 67.9 Å². The van der Waals surface area contributed by atoms with Crippen LogP contribution >= 0.6 is 23.2 Å². The molecule has 3 amide bonds. The first kappa shape index (κ1) is 27.4. The maximum Gasteiger partial charge on any atom is 0.321 e. The highest BCUT2D eigenvalue weighted by Gasteiger charge is 2.51. The van der Waals surface area contributed by atoms with E-state index < -0.39 is 0 Å². The Morgan fingerprint density at radius 2 is 1.82 bits per heavy atom. The maximum atomic E-state index is 13.9. The zero-order valence-electron chi connectivity index (χ0n) is 22.4. The van der Waals surface area contributed by atoms with E-state index in [-0.39, 0.29) is 28.8 Å². The van der Waals surface area contributed by atoms with Gasteiger partial charge in [0, 0.05) is 35.2 Å². The summed E-state index contributed by atoms with van der Waals surface area (Å²) in [6.45, 7) is 8.48. The van der Waals surface area contributed by atoms with E-state index >= 15 is 0 Å². The van der Waals surface area contributed by atoms with E-state index in [4.69, 9.17) is 23.2 Å². The fourth-order valence-corrected chi connectivity index (χ4v) is 6.35. The Hall–Kier alpha value is -3.17. The summed E-state index contributed by atoms with van der Waals surface area (Å²) < 4.78 is 0. The second kappa shape index (κ2) is 10.8. The minimum absolute atomic E-state index is 0.00847. The molecule has 1 aliphatic carbocycles. The molecule has 1 spiro atoms. The lowest BCUT2D eigenvalue weighted by molar-refractivity contribution is 0.0616. The van der Waals surface area contributed by atoms with Crippen LogP contribution in [0.3, 0.4) is 0 Å².